The zero-order valence-corrected chi connectivity index (χ0v) is 12.0. The quantitative estimate of drug-likeness (QED) is 0.594. The third-order valence-electron chi connectivity index (χ3n) is 2.81. The molecule has 1 nitrogen and oxygen atoms in total. The molecule has 1 atom stereocenters. The lowest BCUT2D eigenvalue weighted by Crippen LogP contribution is -2.18. The lowest BCUT2D eigenvalue weighted by molar-refractivity contribution is -0.111. The topological polar surface area (TPSA) is 17.1 Å². The maximum absolute atomic E-state index is 11.4. The number of thioether (sulfide) groups is 1. The van der Waals surface area contributed by atoms with E-state index in [0.717, 1.165) is 4.90 Å². The van der Waals surface area contributed by atoms with E-state index in [4.69, 9.17) is 11.6 Å². The normalized spacial score (nSPS) is 12.9. The van der Waals surface area contributed by atoms with Crippen LogP contribution in [0.3, 0.4) is 0 Å². The van der Waals surface area contributed by atoms with Gasteiger partial charge in [0, 0.05) is 4.90 Å². The molecule has 0 bridgehead atoms. The van der Waals surface area contributed by atoms with E-state index in [1.54, 1.807) is 0 Å². The SMILES string of the molecule is CC(C)C(Sc1ccc2ccccc2c1)C(=O)Cl. The first-order valence-corrected chi connectivity index (χ1v) is 7.18. The smallest absolute Gasteiger partial charge is 0.235 e. The number of fused-ring (bicyclic) bond motifs is 1. The van der Waals surface area contributed by atoms with Crippen LogP contribution in [0.15, 0.2) is 47.4 Å². The molecule has 2 rings (SSSR count). The standard InChI is InChI=1S/C15H15ClOS/c1-10(2)14(15(16)17)18-13-8-7-11-5-3-4-6-12(11)9-13/h3-10,14H,1-2H3. The summed E-state index contributed by atoms with van der Waals surface area (Å²) < 4.78 is 0. The molecule has 0 saturated heterocycles. The maximum atomic E-state index is 11.4. The van der Waals surface area contributed by atoms with Crippen molar-refractivity contribution in [3.05, 3.63) is 42.5 Å². The second-order valence-corrected chi connectivity index (χ2v) is 6.18. The van der Waals surface area contributed by atoms with E-state index >= 15 is 0 Å². The number of carbonyl (C=O) groups excluding carboxylic acids is 1. The van der Waals surface area contributed by atoms with Gasteiger partial charge in [0.1, 0.15) is 0 Å². The number of halogens is 1. The number of hydrogen-bond acceptors (Lipinski definition) is 2. The van der Waals surface area contributed by atoms with Gasteiger partial charge < -0.3 is 0 Å². The van der Waals surface area contributed by atoms with Gasteiger partial charge in [-0.05, 0) is 40.4 Å². The molecule has 0 radical (unpaired) electrons. The van der Waals surface area contributed by atoms with Gasteiger partial charge in [0.15, 0.2) is 0 Å². The highest BCUT2D eigenvalue weighted by molar-refractivity contribution is 8.00. The second kappa shape index (κ2) is 5.77. The van der Waals surface area contributed by atoms with E-state index in [2.05, 4.69) is 24.3 Å². The summed E-state index contributed by atoms with van der Waals surface area (Å²) in [7, 11) is 0. The summed E-state index contributed by atoms with van der Waals surface area (Å²) >= 11 is 7.19. The lowest BCUT2D eigenvalue weighted by Gasteiger charge is -2.16. The zero-order chi connectivity index (χ0) is 13.1. The molecule has 0 saturated carbocycles. The molecule has 0 spiro atoms. The molecule has 2 aromatic rings. The summed E-state index contributed by atoms with van der Waals surface area (Å²) in [6, 6.07) is 14.4. The first-order valence-electron chi connectivity index (χ1n) is 5.93. The molecule has 2 aromatic carbocycles. The maximum Gasteiger partial charge on any atom is 0.235 e. The van der Waals surface area contributed by atoms with Crippen LogP contribution in [0, 0.1) is 5.92 Å². The Balaban J connectivity index is 2.28. The van der Waals surface area contributed by atoms with Crippen molar-refractivity contribution in [1.29, 1.82) is 0 Å². The molecule has 0 fully saturated rings. The Morgan fingerprint density at radius 3 is 2.39 bits per heavy atom. The Kier molecular flexibility index (Phi) is 4.31. The first kappa shape index (κ1) is 13.4. The van der Waals surface area contributed by atoms with Crippen LogP contribution in [-0.4, -0.2) is 10.5 Å². The van der Waals surface area contributed by atoms with Crippen LogP contribution in [0.25, 0.3) is 10.8 Å². The predicted molar refractivity (Wildman–Crippen MR) is 79.3 cm³/mol. The summed E-state index contributed by atoms with van der Waals surface area (Å²) in [6.45, 7) is 4.03. The van der Waals surface area contributed by atoms with Gasteiger partial charge in [0.25, 0.3) is 0 Å². The monoisotopic (exact) mass is 278 g/mol. The van der Waals surface area contributed by atoms with E-state index < -0.39 is 0 Å². The number of rotatable bonds is 4. The van der Waals surface area contributed by atoms with Crippen molar-refractivity contribution < 1.29 is 4.79 Å². The fourth-order valence-electron chi connectivity index (χ4n) is 1.83. The minimum Gasteiger partial charge on any atom is -0.280 e. The predicted octanol–water partition coefficient (Wildman–Crippen LogP) is 4.72. The van der Waals surface area contributed by atoms with Gasteiger partial charge in [-0.1, -0.05) is 44.2 Å². The highest BCUT2D eigenvalue weighted by Gasteiger charge is 2.21. The van der Waals surface area contributed by atoms with Crippen molar-refractivity contribution in [3.8, 4) is 0 Å². The summed E-state index contributed by atoms with van der Waals surface area (Å²) in [5.41, 5.74) is 0. The van der Waals surface area contributed by atoms with E-state index in [1.807, 2.05) is 32.0 Å². The molecular weight excluding hydrogens is 264 g/mol. The van der Waals surface area contributed by atoms with Gasteiger partial charge in [-0.25, -0.2) is 0 Å². The molecule has 0 aliphatic heterocycles. The van der Waals surface area contributed by atoms with Crippen LogP contribution in [0.1, 0.15) is 13.8 Å². The summed E-state index contributed by atoms with van der Waals surface area (Å²) in [5, 5.41) is 1.93. The van der Waals surface area contributed by atoms with Gasteiger partial charge in [-0.2, -0.15) is 0 Å². The average molecular weight is 279 g/mol. The van der Waals surface area contributed by atoms with Crippen LogP contribution in [0.2, 0.25) is 0 Å². The van der Waals surface area contributed by atoms with Crippen molar-refractivity contribution in [3.63, 3.8) is 0 Å². The van der Waals surface area contributed by atoms with Crippen molar-refractivity contribution >= 4 is 39.4 Å². The molecule has 0 aliphatic rings. The molecular formula is C15H15ClOS. The minimum absolute atomic E-state index is 0.187. The number of carbonyl (C=O) groups is 1. The van der Waals surface area contributed by atoms with Gasteiger partial charge in [0.2, 0.25) is 5.24 Å². The molecule has 0 aromatic heterocycles. The Bertz CT molecular complexity index is 565. The first-order chi connectivity index (χ1) is 8.58. The van der Waals surface area contributed by atoms with Gasteiger partial charge in [-0.3, -0.25) is 4.79 Å². The van der Waals surface area contributed by atoms with Gasteiger partial charge >= 0.3 is 0 Å². The van der Waals surface area contributed by atoms with Crippen LogP contribution >= 0.6 is 23.4 Å². The zero-order valence-electron chi connectivity index (χ0n) is 10.4. The molecule has 3 heteroatoms. The largest absolute Gasteiger partial charge is 0.280 e. The van der Waals surface area contributed by atoms with Crippen molar-refractivity contribution in [2.75, 3.05) is 0 Å². The highest BCUT2D eigenvalue weighted by Crippen LogP contribution is 2.31. The third kappa shape index (κ3) is 3.06. The Morgan fingerprint density at radius 2 is 1.78 bits per heavy atom. The van der Waals surface area contributed by atoms with Crippen LogP contribution in [-0.2, 0) is 4.79 Å². The fourth-order valence-corrected chi connectivity index (χ4v) is 3.22. The van der Waals surface area contributed by atoms with Crippen LogP contribution in [0.5, 0.6) is 0 Å². The molecule has 0 amide bonds. The molecule has 1 unspecified atom stereocenters. The summed E-state index contributed by atoms with van der Waals surface area (Å²) in [5.74, 6) is 0.228. The van der Waals surface area contributed by atoms with E-state index in [9.17, 15) is 4.79 Å². The van der Waals surface area contributed by atoms with E-state index in [0.29, 0.717) is 0 Å². The molecule has 18 heavy (non-hydrogen) atoms. The van der Waals surface area contributed by atoms with Crippen molar-refractivity contribution in [2.24, 2.45) is 5.92 Å². The summed E-state index contributed by atoms with van der Waals surface area (Å²) in [6.07, 6.45) is 0. The van der Waals surface area contributed by atoms with Crippen molar-refractivity contribution in [2.45, 2.75) is 24.0 Å². The van der Waals surface area contributed by atoms with E-state index in [-0.39, 0.29) is 16.4 Å². The Labute approximate surface area is 117 Å². The van der Waals surface area contributed by atoms with Gasteiger partial charge in [-0.15, -0.1) is 11.8 Å². The molecule has 0 aliphatic carbocycles. The minimum atomic E-state index is -0.275. The highest BCUT2D eigenvalue weighted by atomic mass is 35.5. The molecule has 94 valence electrons. The lowest BCUT2D eigenvalue weighted by atomic mass is 10.1. The van der Waals surface area contributed by atoms with Crippen LogP contribution < -0.4 is 0 Å². The number of hydrogen-bond donors (Lipinski definition) is 0. The molecule has 0 N–H and O–H groups in total. The van der Waals surface area contributed by atoms with E-state index in [1.165, 1.54) is 22.5 Å². The Hall–Kier alpha value is -0.990. The summed E-state index contributed by atoms with van der Waals surface area (Å²) in [4.78, 5) is 12.5. The fraction of sp³-hybridized carbons (Fsp3) is 0.267. The van der Waals surface area contributed by atoms with Gasteiger partial charge in [0.05, 0.1) is 5.25 Å². The van der Waals surface area contributed by atoms with Crippen molar-refractivity contribution in [1.82, 2.24) is 0 Å². The Morgan fingerprint density at radius 1 is 1.11 bits per heavy atom. The number of benzene rings is 2. The second-order valence-electron chi connectivity index (χ2n) is 4.60. The van der Waals surface area contributed by atoms with Crippen LogP contribution in [0.4, 0.5) is 0 Å². The molecule has 0 heterocycles. The third-order valence-corrected chi connectivity index (χ3v) is 4.72. The average Bonchev–Trinajstić information content (AvgIpc) is 2.35.